The van der Waals surface area contributed by atoms with Crippen molar-refractivity contribution < 1.29 is 14.3 Å². The summed E-state index contributed by atoms with van der Waals surface area (Å²) in [5.41, 5.74) is -0.708. The number of nitrogens with zero attached hydrogens (tertiary/aromatic N) is 1. The normalized spacial score (nSPS) is 16.8. The van der Waals surface area contributed by atoms with E-state index in [-0.39, 0.29) is 12.0 Å². The lowest BCUT2D eigenvalue weighted by molar-refractivity contribution is -0.145. The minimum Gasteiger partial charge on any atom is -0.491 e. The predicted molar refractivity (Wildman–Crippen MR) is 82.7 cm³/mol. The van der Waals surface area contributed by atoms with Crippen LogP contribution in [0.3, 0.4) is 0 Å². The highest BCUT2D eigenvalue weighted by Crippen LogP contribution is 2.36. The third kappa shape index (κ3) is 3.69. The molecule has 4 heteroatoms. The second-order valence-corrected chi connectivity index (χ2v) is 6.14. The molecule has 0 saturated heterocycles. The molecular formula is C17H25NO3. The monoisotopic (exact) mass is 291 g/mol. The van der Waals surface area contributed by atoms with Gasteiger partial charge in [0.1, 0.15) is 11.5 Å². The molecule has 4 nitrogen and oxygen atoms in total. The van der Waals surface area contributed by atoms with E-state index in [1.807, 2.05) is 38.1 Å². The van der Waals surface area contributed by atoms with E-state index in [4.69, 9.17) is 9.47 Å². The van der Waals surface area contributed by atoms with Crippen LogP contribution in [0.1, 0.15) is 39.5 Å². The average molecular weight is 291 g/mol. The molecule has 2 rings (SSSR count). The predicted octanol–water partition coefficient (Wildman–Crippen LogP) is 3.25. The van der Waals surface area contributed by atoms with Gasteiger partial charge in [-0.3, -0.25) is 4.79 Å². The van der Waals surface area contributed by atoms with Gasteiger partial charge in [-0.15, -0.1) is 0 Å². The molecule has 0 spiro atoms. The molecule has 0 aliphatic heterocycles. The Hall–Kier alpha value is -1.71. The number of carbonyl (C=O) groups is 1. The van der Waals surface area contributed by atoms with Crippen LogP contribution >= 0.6 is 0 Å². The Morgan fingerprint density at radius 1 is 1.19 bits per heavy atom. The van der Waals surface area contributed by atoms with Gasteiger partial charge in [-0.1, -0.05) is 6.07 Å². The molecule has 1 aromatic carbocycles. The highest BCUT2D eigenvalue weighted by Gasteiger charge is 2.44. The highest BCUT2D eigenvalue weighted by atomic mass is 16.5. The molecule has 0 heterocycles. The molecule has 1 saturated carbocycles. The van der Waals surface area contributed by atoms with E-state index in [9.17, 15) is 4.79 Å². The van der Waals surface area contributed by atoms with Gasteiger partial charge in [-0.05, 0) is 51.7 Å². The van der Waals surface area contributed by atoms with Crippen molar-refractivity contribution in [3.8, 4) is 11.5 Å². The van der Waals surface area contributed by atoms with Crippen LogP contribution in [-0.4, -0.2) is 36.6 Å². The van der Waals surface area contributed by atoms with E-state index in [0.717, 1.165) is 31.4 Å². The Bertz CT molecular complexity index is 491. The molecule has 1 aromatic rings. The van der Waals surface area contributed by atoms with Crippen LogP contribution in [0.4, 0.5) is 0 Å². The van der Waals surface area contributed by atoms with Crippen molar-refractivity contribution in [3.05, 3.63) is 24.3 Å². The minimum atomic E-state index is -0.708. The molecule has 1 amide bonds. The van der Waals surface area contributed by atoms with Gasteiger partial charge in [0.2, 0.25) is 0 Å². The van der Waals surface area contributed by atoms with Crippen LogP contribution in [0.25, 0.3) is 0 Å². The van der Waals surface area contributed by atoms with Crippen molar-refractivity contribution in [2.45, 2.75) is 51.2 Å². The number of amides is 1. The summed E-state index contributed by atoms with van der Waals surface area (Å²) in [4.78, 5) is 14.1. The van der Waals surface area contributed by atoms with Crippen LogP contribution in [0.2, 0.25) is 0 Å². The molecule has 0 bridgehead atoms. The fraction of sp³-hybridized carbons (Fsp3) is 0.588. The smallest absolute Gasteiger partial charge is 0.266 e. The van der Waals surface area contributed by atoms with E-state index < -0.39 is 5.60 Å². The van der Waals surface area contributed by atoms with E-state index in [1.165, 1.54) is 0 Å². The maximum absolute atomic E-state index is 12.5. The minimum absolute atomic E-state index is 0.0511. The number of carbonyl (C=O) groups excluding carboxylic acids is 1. The lowest BCUT2D eigenvalue weighted by Crippen LogP contribution is -2.48. The van der Waals surface area contributed by atoms with Gasteiger partial charge >= 0.3 is 0 Å². The van der Waals surface area contributed by atoms with Crippen LogP contribution in [-0.2, 0) is 4.79 Å². The number of likely N-dealkylation sites (N-methyl/N-ethyl adjacent to an activating group) is 1. The Labute approximate surface area is 127 Å². The van der Waals surface area contributed by atoms with Crippen LogP contribution in [0.15, 0.2) is 24.3 Å². The fourth-order valence-electron chi connectivity index (χ4n) is 2.82. The molecule has 0 N–H and O–H groups in total. The zero-order chi connectivity index (χ0) is 15.5. The number of rotatable bonds is 5. The topological polar surface area (TPSA) is 38.8 Å². The Morgan fingerprint density at radius 3 is 2.38 bits per heavy atom. The lowest BCUT2D eigenvalue weighted by atomic mass is 10.00. The summed E-state index contributed by atoms with van der Waals surface area (Å²) in [5.74, 6) is 1.52. The number of hydrogen-bond donors (Lipinski definition) is 0. The third-order valence-corrected chi connectivity index (χ3v) is 3.70. The van der Waals surface area contributed by atoms with Crippen molar-refractivity contribution in [1.29, 1.82) is 0 Å². The van der Waals surface area contributed by atoms with Gasteiger partial charge in [0, 0.05) is 20.2 Å². The Morgan fingerprint density at radius 2 is 1.81 bits per heavy atom. The molecule has 0 aromatic heterocycles. The zero-order valence-electron chi connectivity index (χ0n) is 13.4. The summed E-state index contributed by atoms with van der Waals surface area (Å²) in [6.45, 7) is 3.98. The fourth-order valence-corrected chi connectivity index (χ4v) is 2.82. The van der Waals surface area contributed by atoms with Crippen LogP contribution in [0.5, 0.6) is 11.5 Å². The zero-order valence-corrected chi connectivity index (χ0v) is 13.4. The van der Waals surface area contributed by atoms with Crippen molar-refractivity contribution in [2.24, 2.45) is 0 Å². The second kappa shape index (κ2) is 6.37. The lowest BCUT2D eigenvalue weighted by Gasteiger charge is -2.31. The molecule has 1 aliphatic rings. The second-order valence-electron chi connectivity index (χ2n) is 6.14. The summed E-state index contributed by atoms with van der Waals surface area (Å²) in [7, 11) is 3.56. The molecule has 1 aliphatic carbocycles. The summed E-state index contributed by atoms with van der Waals surface area (Å²) in [6.07, 6.45) is 3.73. The maximum Gasteiger partial charge on any atom is 0.266 e. The first kappa shape index (κ1) is 15.7. The quantitative estimate of drug-likeness (QED) is 0.836. The third-order valence-electron chi connectivity index (χ3n) is 3.70. The van der Waals surface area contributed by atoms with Gasteiger partial charge < -0.3 is 14.4 Å². The SMILES string of the molecule is CC(C)Oc1cccc(OC2(C(=O)N(C)C)CCCC2)c1. The molecule has 0 atom stereocenters. The highest BCUT2D eigenvalue weighted by molar-refractivity contribution is 5.85. The van der Waals surface area contributed by atoms with Crippen LogP contribution < -0.4 is 9.47 Å². The van der Waals surface area contributed by atoms with Crippen molar-refractivity contribution in [3.63, 3.8) is 0 Å². The number of benzene rings is 1. The first-order valence-electron chi connectivity index (χ1n) is 7.60. The summed E-state index contributed by atoms with van der Waals surface area (Å²) >= 11 is 0. The van der Waals surface area contributed by atoms with Gasteiger partial charge in [-0.2, -0.15) is 0 Å². The Balaban J connectivity index is 2.19. The van der Waals surface area contributed by atoms with E-state index >= 15 is 0 Å². The molecule has 21 heavy (non-hydrogen) atoms. The van der Waals surface area contributed by atoms with E-state index in [2.05, 4.69) is 0 Å². The first-order valence-corrected chi connectivity index (χ1v) is 7.60. The standard InChI is InChI=1S/C17H25NO3/c1-13(2)20-14-8-7-9-15(12-14)21-17(10-5-6-11-17)16(19)18(3)4/h7-9,12-13H,5-6,10-11H2,1-4H3. The summed E-state index contributed by atoms with van der Waals surface area (Å²) in [6, 6.07) is 7.55. The van der Waals surface area contributed by atoms with Crippen molar-refractivity contribution in [1.82, 2.24) is 4.90 Å². The van der Waals surface area contributed by atoms with Gasteiger partial charge in [0.05, 0.1) is 6.10 Å². The summed E-state index contributed by atoms with van der Waals surface area (Å²) in [5, 5.41) is 0. The maximum atomic E-state index is 12.5. The molecular weight excluding hydrogens is 266 g/mol. The molecule has 116 valence electrons. The van der Waals surface area contributed by atoms with Gasteiger partial charge in [0.25, 0.3) is 5.91 Å². The molecule has 1 fully saturated rings. The molecule has 0 unspecified atom stereocenters. The van der Waals surface area contributed by atoms with E-state index in [0.29, 0.717) is 5.75 Å². The Kier molecular flexibility index (Phi) is 4.76. The van der Waals surface area contributed by atoms with Gasteiger partial charge in [0.15, 0.2) is 5.60 Å². The van der Waals surface area contributed by atoms with Crippen LogP contribution in [0, 0.1) is 0 Å². The first-order chi connectivity index (χ1) is 9.93. The number of ether oxygens (including phenoxy) is 2. The van der Waals surface area contributed by atoms with Crippen molar-refractivity contribution in [2.75, 3.05) is 14.1 Å². The van der Waals surface area contributed by atoms with Gasteiger partial charge in [-0.25, -0.2) is 0 Å². The molecule has 0 radical (unpaired) electrons. The number of hydrogen-bond acceptors (Lipinski definition) is 3. The average Bonchev–Trinajstić information content (AvgIpc) is 2.87. The van der Waals surface area contributed by atoms with Crippen molar-refractivity contribution >= 4 is 5.91 Å². The largest absolute Gasteiger partial charge is 0.491 e. The van der Waals surface area contributed by atoms with E-state index in [1.54, 1.807) is 19.0 Å². The summed E-state index contributed by atoms with van der Waals surface area (Å²) < 4.78 is 11.8.